The molecule has 0 aliphatic heterocycles. The number of methoxy groups -OCH3 is 1. The van der Waals surface area contributed by atoms with Crippen molar-refractivity contribution in [2.75, 3.05) is 13.7 Å². The largest absolute Gasteiger partial charge is 0.384 e. The van der Waals surface area contributed by atoms with Crippen LogP contribution in [0.15, 0.2) is 22.7 Å². The molecule has 5 heteroatoms. The molecular weight excluding hydrogens is 287 g/mol. The highest BCUT2D eigenvalue weighted by molar-refractivity contribution is 9.10. The molecule has 1 aromatic rings. The van der Waals surface area contributed by atoms with E-state index in [9.17, 15) is 4.39 Å². The van der Waals surface area contributed by atoms with Crippen LogP contribution in [0.4, 0.5) is 4.39 Å². The lowest BCUT2D eigenvalue weighted by molar-refractivity contribution is 0.149. The molecular formula is C12H18BrFN2O. The summed E-state index contributed by atoms with van der Waals surface area (Å²) in [5.74, 6) is 5.54. The zero-order valence-corrected chi connectivity index (χ0v) is 11.6. The predicted molar refractivity (Wildman–Crippen MR) is 69.8 cm³/mol. The van der Waals surface area contributed by atoms with E-state index >= 15 is 0 Å². The summed E-state index contributed by atoms with van der Waals surface area (Å²) in [6, 6.07) is 5.00. The van der Waals surface area contributed by atoms with Gasteiger partial charge >= 0.3 is 0 Å². The van der Waals surface area contributed by atoms with Crippen LogP contribution in [0, 0.1) is 11.7 Å². The number of halogens is 2. The van der Waals surface area contributed by atoms with Gasteiger partial charge in [0.1, 0.15) is 5.82 Å². The lowest BCUT2D eigenvalue weighted by Crippen LogP contribution is -2.30. The van der Waals surface area contributed by atoms with E-state index in [2.05, 4.69) is 21.4 Å². The quantitative estimate of drug-likeness (QED) is 0.627. The van der Waals surface area contributed by atoms with Gasteiger partial charge in [0.25, 0.3) is 0 Å². The van der Waals surface area contributed by atoms with Gasteiger partial charge in [-0.05, 0) is 34.3 Å². The van der Waals surface area contributed by atoms with Gasteiger partial charge in [-0.2, -0.15) is 0 Å². The molecule has 3 nitrogen and oxygen atoms in total. The molecule has 0 fully saturated rings. The van der Waals surface area contributed by atoms with Gasteiger partial charge in [-0.1, -0.05) is 19.1 Å². The predicted octanol–water partition coefficient (Wildman–Crippen LogP) is 2.77. The molecule has 2 atom stereocenters. The first-order chi connectivity index (χ1) is 8.10. The van der Waals surface area contributed by atoms with Crippen LogP contribution in [0.25, 0.3) is 0 Å². The summed E-state index contributed by atoms with van der Waals surface area (Å²) in [6.07, 6.45) is 0.720. The topological polar surface area (TPSA) is 47.3 Å². The summed E-state index contributed by atoms with van der Waals surface area (Å²) in [5, 5.41) is 0. The molecule has 0 radical (unpaired) electrons. The molecule has 0 saturated heterocycles. The molecule has 0 aliphatic rings. The van der Waals surface area contributed by atoms with Crippen LogP contribution >= 0.6 is 15.9 Å². The van der Waals surface area contributed by atoms with E-state index in [4.69, 9.17) is 10.6 Å². The molecule has 0 spiro atoms. The summed E-state index contributed by atoms with van der Waals surface area (Å²) < 4.78 is 19.4. The molecule has 96 valence electrons. The van der Waals surface area contributed by atoms with E-state index in [0.717, 1.165) is 6.42 Å². The van der Waals surface area contributed by atoms with Crippen molar-refractivity contribution >= 4 is 15.9 Å². The van der Waals surface area contributed by atoms with Gasteiger partial charge in [0.2, 0.25) is 0 Å². The third-order valence-corrected chi connectivity index (χ3v) is 3.26. The van der Waals surface area contributed by atoms with Crippen LogP contribution in [-0.2, 0) is 4.74 Å². The van der Waals surface area contributed by atoms with E-state index in [-0.39, 0.29) is 11.9 Å². The lowest BCUT2D eigenvalue weighted by Gasteiger charge is -2.21. The third kappa shape index (κ3) is 4.03. The van der Waals surface area contributed by atoms with E-state index in [0.29, 0.717) is 22.6 Å². The van der Waals surface area contributed by atoms with Gasteiger partial charge in [0.15, 0.2) is 0 Å². The number of ether oxygens (including phenoxy) is 1. The Kier molecular flexibility index (Phi) is 6.05. The molecule has 0 aliphatic carbocycles. The third-order valence-electron chi connectivity index (χ3n) is 2.65. The molecule has 0 saturated carbocycles. The molecule has 17 heavy (non-hydrogen) atoms. The fourth-order valence-corrected chi connectivity index (χ4v) is 2.21. The zero-order valence-electron chi connectivity index (χ0n) is 10.0. The second-order valence-corrected chi connectivity index (χ2v) is 5.01. The maximum absolute atomic E-state index is 13.9. The molecule has 1 aromatic carbocycles. The summed E-state index contributed by atoms with van der Waals surface area (Å²) in [4.78, 5) is 0. The Balaban J connectivity index is 2.82. The van der Waals surface area contributed by atoms with E-state index in [1.165, 1.54) is 0 Å². The van der Waals surface area contributed by atoms with Crippen molar-refractivity contribution < 1.29 is 9.13 Å². The SMILES string of the molecule is COCC(C)CC(NN)c1cccc(Br)c1F. The van der Waals surface area contributed by atoms with Gasteiger partial charge < -0.3 is 4.74 Å². The Hall–Kier alpha value is -0.490. The Morgan fingerprint density at radius 2 is 2.24 bits per heavy atom. The van der Waals surface area contributed by atoms with Crippen molar-refractivity contribution in [3.05, 3.63) is 34.1 Å². The number of hydrogen-bond donors (Lipinski definition) is 2. The molecule has 0 bridgehead atoms. The van der Waals surface area contributed by atoms with Crippen molar-refractivity contribution in [1.29, 1.82) is 0 Å². The maximum atomic E-state index is 13.9. The average Bonchev–Trinajstić information content (AvgIpc) is 2.30. The second-order valence-electron chi connectivity index (χ2n) is 4.16. The first-order valence-corrected chi connectivity index (χ1v) is 6.28. The molecule has 0 amide bonds. The van der Waals surface area contributed by atoms with Gasteiger partial charge in [-0.15, -0.1) is 0 Å². The molecule has 0 aromatic heterocycles. The van der Waals surface area contributed by atoms with Crippen molar-refractivity contribution in [1.82, 2.24) is 5.43 Å². The van der Waals surface area contributed by atoms with Crippen LogP contribution in [0.3, 0.4) is 0 Å². The van der Waals surface area contributed by atoms with Crippen LogP contribution in [-0.4, -0.2) is 13.7 Å². The van der Waals surface area contributed by atoms with Crippen LogP contribution in [0.2, 0.25) is 0 Å². The summed E-state index contributed by atoms with van der Waals surface area (Å²) >= 11 is 3.17. The van der Waals surface area contributed by atoms with Gasteiger partial charge in [-0.25, -0.2) is 4.39 Å². The van der Waals surface area contributed by atoms with E-state index in [1.807, 2.05) is 6.92 Å². The fraction of sp³-hybridized carbons (Fsp3) is 0.500. The zero-order chi connectivity index (χ0) is 12.8. The number of hydrazine groups is 1. The summed E-state index contributed by atoms with van der Waals surface area (Å²) in [6.45, 7) is 2.68. The minimum Gasteiger partial charge on any atom is -0.384 e. The second kappa shape index (κ2) is 7.06. The maximum Gasteiger partial charge on any atom is 0.142 e. The normalized spacial score (nSPS) is 14.6. The first-order valence-electron chi connectivity index (χ1n) is 5.49. The molecule has 0 heterocycles. The van der Waals surface area contributed by atoms with Crippen molar-refractivity contribution in [2.45, 2.75) is 19.4 Å². The highest BCUT2D eigenvalue weighted by Crippen LogP contribution is 2.27. The van der Waals surface area contributed by atoms with Gasteiger partial charge in [0.05, 0.1) is 4.47 Å². The van der Waals surface area contributed by atoms with Crippen LogP contribution in [0.5, 0.6) is 0 Å². The number of nitrogens with one attached hydrogen (secondary N) is 1. The van der Waals surface area contributed by atoms with Gasteiger partial charge in [-0.3, -0.25) is 11.3 Å². The number of rotatable bonds is 6. The Morgan fingerprint density at radius 3 is 2.82 bits per heavy atom. The number of benzene rings is 1. The first kappa shape index (κ1) is 14.6. The minimum absolute atomic E-state index is 0.211. The number of hydrogen-bond acceptors (Lipinski definition) is 3. The van der Waals surface area contributed by atoms with Crippen molar-refractivity contribution in [3.63, 3.8) is 0 Å². The molecule has 2 unspecified atom stereocenters. The number of nitrogens with two attached hydrogens (primary N) is 1. The summed E-state index contributed by atoms with van der Waals surface area (Å²) in [5.41, 5.74) is 3.23. The molecule has 1 rings (SSSR count). The fourth-order valence-electron chi connectivity index (χ4n) is 1.83. The highest BCUT2D eigenvalue weighted by Gasteiger charge is 2.18. The minimum atomic E-state index is -0.264. The van der Waals surface area contributed by atoms with E-state index < -0.39 is 0 Å². The van der Waals surface area contributed by atoms with Crippen LogP contribution in [0.1, 0.15) is 24.9 Å². The standard InChI is InChI=1S/C12H18BrFN2O/c1-8(7-17-2)6-11(16-15)9-4-3-5-10(13)12(9)14/h3-5,8,11,16H,6-7,15H2,1-2H3. The van der Waals surface area contributed by atoms with Crippen molar-refractivity contribution in [3.8, 4) is 0 Å². The lowest BCUT2D eigenvalue weighted by atomic mass is 9.96. The van der Waals surface area contributed by atoms with E-state index in [1.54, 1.807) is 25.3 Å². The van der Waals surface area contributed by atoms with Gasteiger partial charge in [0, 0.05) is 25.3 Å². The Labute approximate surface area is 110 Å². The average molecular weight is 305 g/mol. The Bertz CT molecular complexity index is 362. The Morgan fingerprint density at radius 1 is 1.53 bits per heavy atom. The highest BCUT2D eigenvalue weighted by atomic mass is 79.9. The van der Waals surface area contributed by atoms with Crippen LogP contribution < -0.4 is 11.3 Å². The monoisotopic (exact) mass is 304 g/mol. The molecule has 3 N–H and O–H groups in total. The van der Waals surface area contributed by atoms with Crippen molar-refractivity contribution in [2.24, 2.45) is 11.8 Å². The smallest absolute Gasteiger partial charge is 0.142 e. The summed E-state index contributed by atoms with van der Waals surface area (Å²) in [7, 11) is 1.65.